The summed E-state index contributed by atoms with van der Waals surface area (Å²) < 4.78 is 75.1. The van der Waals surface area contributed by atoms with E-state index in [9.17, 15) is 26.7 Å². The summed E-state index contributed by atoms with van der Waals surface area (Å²) >= 11 is 0. The molecule has 1 saturated heterocycles. The van der Waals surface area contributed by atoms with Crippen LogP contribution in [0.25, 0.3) is 11.1 Å². The standard InChI is InChI=1S/C27H24F5N7O2/c28-19-6-16(18-10-34-23(35-11-18)5-15-9-36-39(14-15)21-13-33-12-20(21)29)1-2-17(19)7-25(40)37-24-8-22(41-38-24)26(3-4-26)27(30,31)32/h1-2,6,8-11,14,20-21,33H,3-5,7,12-13H2,(H,37,38,40)/t20-,21+/m1/s1. The highest BCUT2D eigenvalue weighted by Gasteiger charge is 2.66. The summed E-state index contributed by atoms with van der Waals surface area (Å²) in [6.07, 6.45) is 0.910. The van der Waals surface area contributed by atoms with Crippen LogP contribution in [0.2, 0.25) is 0 Å². The first-order chi connectivity index (χ1) is 19.6. The number of carbonyl (C=O) groups excluding carboxylic acids is 1. The molecule has 14 heteroatoms. The quantitative estimate of drug-likeness (QED) is 0.302. The molecule has 2 fully saturated rings. The van der Waals surface area contributed by atoms with Gasteiger partial charge in [-0.25, -0.2) is 18.7 Å². The smallest absolute Gasteiger partial charge is 0.358 e. The highest BCUT2D eigenvalue weighted by Crippen LogP contribution is 2.59. The monoisotopic (exact) mass is 573 g/mol. The van der Waals surface area contributed by atoms with Gasteiger partial charge in [0.15, 0.2) is 11.6 Å². The molecule has 0 radical (unpaired) electrons. The number of amides is 1. The first-order valence-electron chi connectivity index (χ1n) is 12.9. The van der Waals surface area contributed by atoms with Crippen LogP contribution in [0.3, 0.4) is 0 Å². The zero-order valence-corrected chi connectivity index (χ0v) is 21.5. The molecule has 6 rings (SSSR count). The normalized spacial score (nSPS) is 19.8. The summed E-state index contributed by atoms with van der Waals surface area (Å²) in [6.45, 7) is 0.819. The van der Waals surface area contributed by atoms with E-state index in [-0.39, 0.29) is 42.4 Å². The van der Waals surface area contributed by atoms with Crippen LogP contribution < -0.4 is 10.6 Å². The average molecular weight is 574 g/mol. The van der Waals surface area contributed by atoms with Crippen molar-refractivity contribution >= 4 is 11.7 Å². The zero-order chi connectivity index (χ0) is 28.8. The zero-order valence-electron chi connectivity index (χ0n) is 21.5. The molecule has 1 amide bonds. The first kappa shape index (κ1) is 27.0. The third-order valence-corrected chi connectivity index (χ3v) is 7.45. The van der Waals surface area contributed by atoms with E-state index < -0.39 is 29.5 Å². The molecule has 4 aromatic rings. The van der Waals surface area contributed by atoms with Gasteiger partial charge in [0.25, 0.3) is 0 Å². The van der Waals surface area contributed by atoms with Crippen LogP contribution in [0, 0.1) is 5.82 Å². The Balaban J connectivity index is 1.06. The Hall–Kier alpha value is -4.20. The molecule has 1 aliphatic heterocycles. The van der Waals surface area contributed by atoms with Crippen LogP contribution in [0.1, 0.15) is 41.6 Å². The molecule has 1 aromatic carbocycles. The lowest BCUT2D eigenvalue weighted by molar-refractivity contribution is -0.165. The number of anilines is 1. The lowest BCUT2D eigenvalue weighted by atomic mass is 10.0. The Morgan fingerprint density at radius 1 is 1.12 bits per heavy atom. The van der Waals surface area contributed by atoms with Crippen LogP contribution in [0.5, 0.6) is 0 Å². The van der Waals surface area contributed by atoms with Crippen LogP contribution >= 0.6 is 0 Å². The summed E-state index contributed by atoms with van der Waals surface area (Å²) in [5.74, 6) is -1.30. The number of hydrogen-bond acceptors (Lipinski definition) is 7. The van der Waals surface area contributed by atoms with Crippen molar-refractivity contribution in [2.75, 3.05) is 18.4 Å². The maximum Gasteiger partial charge on any atom is 0.401 e. The van der Waals surface area contributed by atoms with Crippen molar-refractivity contribution < 1.29 is 31.3 Å². The molecule has 2 atom stereocenters. The number of hydrogen-bond donors (Lipinski definition) is 2. The van der Waals surface area contributed by atoms with E-state index in [2.05, 4.69) is 30.9 Å². The van der Waals surface area contributed by atoms with E-state index in [4.69, 9.17) is 4.52 Å². The molecule has 3 aromatic heterocycles. The SMILES string of the molecule is O=C(Cc1ccc(-c2cnc(Cc3cnn([C@H]4CNC[C@H]4F)c3)nc2)cc1F)Nc1cc(C2(C(F)(F)F)CC2)on1. The summed E-state index contributed by atoms with van der Waals surface area (Å²) in [6, 6.07) is 5.03. The van der Waals surface area contributed by atoms with Crippen LogP contribution in [-0.2, 0) is 23.1 Å². The molecule has 0 bridgehead atoms. The van der Waals surface area contributed by atoms with Crippen molar-refractivity contribution in [3.05, 3.63) is 77.6 Å². The second-order valence-corrected chi connectivity index (χ2v) is 10.3. The maximum atomic E-state index is 14.8. The van der Waals surface area contributed by atoms with Gasteiger partial charge in [0, 0.05) is 49.7 Å². The highest BCUT2D eigenvalue weighted by molar-refractivity contribution is 5.91. The third-order valence-electron chi connectivity index (χ3n) is 7.45. The number of rotatable bonds is 8. The van der Waals surface area contributed by atoms with Crippen molar-refractivity contribution in [3.8, 4) is 11.1 Å². The Kier molecular flexibility index (Phi) is 6.80. The number of halogens is 5. The largest absolute Gasteiger partial charge is 0.401 e. The first-order valence-corrected chi connectivity index (χ1v) is 12.9. The molecule has 214 valence electrons. The summed E-state index contributed by atoms with van der Waals surface area (Å²) in [5, 5.41) is 13.1. The minimum atomic E-state index is -4.47. The number of alkyl halides is 4. The summed E-state index contributed by atoms with van der Waals surface area (Å²) in [7, 11) is 0. The van der Waals surface area contributed by atoms with Crippen molar-refractivity contribution in [3.63, 3.8) is 0 Å². The number of benzene rings is 1. The van der Waals surface area contributed by atoms with Gasteiger partial charge in [-0.3, -0.25) is 9.48 Å². The molecule has 9 nitrogen and oxygen atoms in total. The lowest BCUT2D eigenvalue weighted by Gasteiger charge is -2.14. The Morgan fingerprint density at radius 3 is 2.56 bits per heavy atom. The second kappa shape index (κ2) is 10.3. The van der Waals surface area contributed by atoms with E-state index in [0.717, 1.165) is 11.6 Å². The molecule has 0 spiro atoms. The van der Waals surface area contributed by atoms with Gasteiger partial charge in [0.1, 0.15) is 23.2 Å². The minimum absolute atomic E-state index is 0.0893. The molecular formula is C27H24F5N7O2. The molecular weight excluding hydrogens is 549 g/mol. The predicted octanol–water partition coefficient (Wildman–Crippen LogP) is 4.32. The van der Waals surface area contributed by atoms with E-state index in [1.165, 1.54) is 12.1 Å². The van der Waals surface area contributed by atoms with Gasteiger partial charge in [-0.1, -0.05) is 17.3 Å². The number of carbonyl (C=O) groups is 1. The fraction of sp³-hybridized carbons (Fsp3) is 0.370. The van der Waals surface area contributed by atoms with Crippen LogP contribution in [0.15, 0.2) is 53.6 Å². The van der Waals surface area contributed by atoms with Crippen molar-refractivity contribution in [2.45, 2.75) is 49.5 Å². The molecule has 1 saturated carbocycles. The molecule has 4 heterocycles. The van der Waals surface area contributed by atoms with E-state index >= 15 is 0 Å². The van der Waals surface area contributed by atoms with Crippen LogP contribution in [0.4, 0.5) is 27.8 Å². The molecule has 2 aliphatic rings. The third kappa shape index (κ3) is 5.43. The topological polar surface area (TPSA) is 111 Å². The van der Waals surface area contributed by atoms with Gasteiger partial charge in [-0.15, -0.1) is 0 Å². The molecule has 0 unspecified atom stereocenters. The second-order valence-electron chi connectivity index (χ2n) is 10.3. The number of nitrogens with zero attached hydrogens (tertiary/aromatic N) is 5. The average Bonchev–Trinajstić information content (AvgIpc) is 3.20. The van der Waals surface area contributed by atoms with Crippen LogP contribution in [-0.4, -0.2) is 56.2 Å². The maximum absolute atomic E-state index is 14.8. The Labute approximate surface area is 230 Å². The molecule has 41 heavy (non-hydrogen) atoms. The fourth-order valence-electron chi connectivity index (χ4n) is 4.90. The molecule has 2 N–H and O–H groups in total. The van der Waals surface area contributed by atoms with Gasteiger partial charge in [0.05, 0.1) is 18.7 Å². The van der Waals surface area contributed by atoms with Gasteiger partial charge >= 0.3 is 6.18 Å². The van der Waals surface area contributed by atoms with Gasteiger partial charge < -0.3 is 15.2 Å². The highest BCUT2D eigenvalue weighted by atomic mass is 19.4. The van der Waals surface area contributed by atoms with Crippen molar-refractivity contribution in [1.29, 1.82) is 0 Å². The van der Waals surface area contributed by atoms with E-state index in [0.29, 0.717) is 36.5 Å². The van der Waals surface area contributed by atoms with Crippen molar-refractivity contribution in [2.24, 2.45) is 0 Å². The van der Waals surface area contributed by atoms with Gasteiger partial charge in [-0.2, -0.15) is 18.3 Å². The Morgan fingerprint density at radius 2 is 1.90 bits per heavy atom. The minimum Gasteiger partial charge on any atom is -0.358 e. The van der Waals surface area contributed by atoms with E-state index in [1.807, 2.05) is 0 Å². The summed E-state index contributed by atoms with van der Waals surface area (Å²) in [5.41, 5.74) is -0.0722. The number of nitrogens with one attached hydrogen (secondary N) is 2. The summed E-state index contributed by atoms with van der Waals surface area (Å²) in [4.78, 5) is 21.1. The lowest BCUT2D eigenvalue weighted by Crippen LogP contribution is -2.28. The molecule has 1 aliphatic carbocycles. The Bertz CT molecular complexity index is 1560. The van der Waals surface area contributed by atoms with Crippen molar-refractivity contribution in [1.82, 2.24) is 30.2 Å². The number of aromatic nitrogens is 5. The van der Waals surface area contributed by atoms with Gasteiger partial charge in [0.2, 0.25) is 5.91 Å². The van der Waals surface area contributed by atoms with Gasteiger partial charge in [-0.05, 0) is 35.6 Å². The predicted molar refractivity (Wildman–Crippen MR) is 135 cm³/mol. The fourth-order valence-corrected chi connectivity index (χ4v) is 4.90. The van der Waals surface area contributed by atoms with E-state index in [1.54, 1.807) is 35.5 Å².